The van der Waals surface area contributed by atoms with Gasteiger partial charge in [0, 0.05) is 12.1 Å². The van der Waals surface area contributed by atoms with Crippen molar-refractivity contribution >= 4 is 23.1 Å². The van der Waals surface area contributed by atoms with E-state index >= 15 is 0 Å². The van der Waals surface area contributed by atoms with Gasteiger partial charge in [-0.2, -0.15) is 0 Å². The van der Waals surface area contributed by atoms with Crippen LogP contribution in [-0.2, 0) is 0 Å². The summed E-state index contributed by atoms with van der Waals surface area (Å²) in [6.07, 6.45) is 1.78. The summed E-state index contributed by atoms with van der Waals surface area (Å²) in [7, 11) is 0. The Morgan fingerprint density at radius 3 is 2.68 bits per heavy atom. The summed E-state index contributed by atoms with van der Waals surface area (Å²) in [5, 5.41) is 7.29. The molecule has 0 radical (unpaired) electrons. The minimum Gasteiger partial charge on any atom is -0.454 e. The third-order valence-electron chi connectivity index (χ3n) is 5.85. The van der Waals surface area contributed by atoms with E-state index in [0.29, 0.717) is 30.2 Å². The number of para-hydroxylation sites is 2. The quantitative estimate of drug-likeness (QED) is 0.726. The zero-order valence-electron chi connectivity index (χ0n) is 18.2. The minimum absolute atomic E-state index is 0.00635. The van der Waals surface area contributed by atoms with E-state index in [9.17, 15) is 4.79 Å². The van der Waals surface area contributed by atoms with Crippen LogP contribution in [0.5, 0.6) is 11.5 Å². The second-order valence-corrected chi connectivity index (χ2v) is 9.41. The number of piperidine rings is 1. The van der Waals surface area contributed by atoms with Crippen LogP contribution in [0.2, 0.25) is 0 Å². The van der Waals surface area contributed by atoms with Crippen LogP contribution in [0.3, 0.4) is 0 Å². The molecule has 2 aromatic carbocycles. The van der Waals surface area contributed by atoms with Crippen LogP contribution in [0.15, 0.2) is 47.5 Å². The van der Waals surface area contributed by atoms with Gasteiger partial charge in [0.15, 0.2) is 11.5 Å². The minimum atomic E-state index is -0.452. The molecular weight excluding hydrogens is 392 g/mol. The number of carbonyl (C=O) groups excluding carboxylic acids is 1. The smallest absolute Gasteiger partial charge is 0.254 e. The van der Waals surface area contributed by atoms with Gasteiger partial charge in [-0.15, -0.1) is 0 Å². The fourth-order valence-electron chi connectivity index (χ4n) is 4.47. The van der Waals surface area contributed by atoms with Crippen LogP contribution in [-0.4, -0.2) is 47.6 Å². The van der Waals surface area contributed by atoms with Crippen LogP contribution in [0.1, 0.15) is 44.0 Å². The number of rotatable bonds is 1. The molecule has 1 saturated heterocycles. The molecule has 1 amide bonds. The molecule has 0 bridgehead atoms. The number of amidine groups is 1. The van der Waals surface area contributed by atoms with Gasteiger partial charge in [-0.05, 0) is 63.9 Å². The molecule has 1 atom stereocenters. The molecule has 1 unspecified atom stereocenters. The molecule has 3 aliphatic heterocycles. The molecule has 7 nitrogen and oxygen atoms in total. The van der Waals surface area contributed by atoms with Crippen molar-refractivity contribution in [1.29, 1.82) is 0 Å². The zero-order valence-corrected chi connectivity index (χ0v) is 18.2. The zero-order chi connectivity index (χ0) is 21.6. The first-order valence-electron chi connectivity index (χ1n) is 10.8. The lowest BCUT2D eigenvalue weighted by molar-refractivity contribution is 0.0694. The van der Waals surface area contributed by atoms with Gasteiger partial charge in [0.25, 0.3) is 5.91 Å². The summed E-state index contributed by atoms with van der Waals surface area (Å²) in [6, 6.07) is 13.5. The Morgan fingerprint density at radius 2 is 1.87 bits per heavy atom. The average Bonchev–Trinajstić information content (AvgIpc) is 3.21. The number of carbonyl (C=O) groups is 1. The first-order chi connectivity index (χ1) is 14.8. The van der Waals surface area contributed by atoms with Crippen molar-refractivity contribution < 1.29 is 14.3 Å². The number of amides is 1. The topological polar surface area (TPSA) is 75.2 Å². The molecule has 1 spiro atoms. The molecule has 5 rings (SSSR count). The second kappa shape index (κ2) is 7.18. The van der Waals surface area contributed by atoms with Crippen molar-refractivity contribution in [3.63, 3.8) is 0 Å². The van der Waals surface area contributed by atoms with Gasteiger partial charge < -0.3 is 25.0 Å². The normalized spacial score (nSPS) is 23.3. The summed E-state index contributed by atoms with van der Waals surface area (Å²) in [5.74, 6) is 2.19. The van der Waals surface area contributed by atoms with Crippen molar-refractivity contribution in [2.24, 2.45) is 4.99 Å². The van der Waals surface area contributed by atoms with E-state index in [4.69, 9.17) is 14.5 Å². The highest BCUT2D eigenvalue weighted by molar-refractivity contribution is 6.10. The lowest BCUT2D eigenvalue weighted by Gasteiger charge is -2.47. The highest BCUT2D eigenvalue weighted by atomic mass is 16.7. The lowest BCUT2D eigenvalue weighted by Crippen LogP contribution is -2.63. The molecule has 0 aliphatic carbocycles. The first kappa shape index (κ1) is 19.7. The number of anilines is 2. The summed E-state index contributed by atoms with van der Waals surface area (Å²) >= 11 is 0. The summed E-state index contributed by atoms with van der Waals surface area (Å²) in [5.41, 5.74) is 1.96. The Morgan fingerprint density at radius 1 is 1.10 bits per heavy atom. The molecule has 0 aromatic heterocycles. The molecule has 162 valence electrons. The third kappa shape index (κ3) is 3.69. The fraction of sp³-hybridized carbons (Fsp3) is 0.417. The number of ether oxygens (including phenoxy) is 2. The molecule has 0 saturated carbocycles. The highest BCUT2D eigenvalue weighted by Crippen LogP contribution is 2.38. The van der Waals surface area contributed by atoms with Gasteiger partial charge in [-0.1, -0.05) is 12.1 Å². The second-order valence-electron chi connectivity index (χ2n) is 9.41. The van der Waals surface area contributed by atoms with E-state index < -0.39 is 5.54 Å². The molecule has 1 fully saturated rings. The van der Waals surface area contributed by atoms with E-state index in [1.165, 1.54) is 0 Å². The monoisotopic (exact) mass is 420 g/mol. The van der Waals surface area contributed by atoms with Crippen LogP contribution in [0.4, 0.5) is 11.4 Å². The predicted octanol–water partition coefficient (Wildman–Crippen LogP) is 4.12. The SMILES string of the molecule is CC(C)(C)N=C1Nc2ccccc2NC12CCCN(C(=O)c1ccc3c(c1)OCO3)C2. The van der Waals surface area contributed by atoms with E-state index in [2.05, 4.69) is 37.5 Å². The van der Waals surface area contributed by atoms with Gasteiger partial charge in [0.2, 0.25) is 6.79 Å². The number of hydrogen-bond donors (Lipinski definition) is 2. The Labute approximate surface area is 182 Å². The Hall–Kier alpha value is -3.22. The lowest BCUT2D eigenvalue weighted by atomic mass is 9.84. The number of aliphatic imine (C=N–C) groups is 1. The van der Waals surface area contributed by atoms with Crippen LogP contribution in [0, 0.1) is 0 Å². The molecule has 2 N–H and O–H groups in total. The van der Waals surface area contributed by atoms with Gasteiger partial charge in [0.05, 0.1) is 23.5 Å². The van der Waals surface area contributed by atoms with Gasteiger partial charge in [-0.3, -0.25) is 9.79 Å². The third-order valence-corrected chi connectivity index (χ3v) is 5.85. The summed E-state index contributed by atoms with van der Waals surface area (Å²) in [4.78, 5) is 20.3. The predicted molar refractivity (Wildman–Crippen MR) is 121 cm³/mol. The number of hydrogen-bond acceptors (Lipinski definition) is 5. The van der Waals surface area contributed by atoms with E-state index in [-0.39, 0.29) is 18.2 Å². The summed E-state index contributed by atoms with van der Waals surface area (Å²) < 4.78 is 10.8. The number of fused-ring (bicyclic) bond motifs is 2. The van der Waals surface area contributed by atoms with Gasteiger partial charge in [-0.25, -0.2) is 0 Å². The maximum Gasteiger partial charge on any atom is 0.254 e. The number of likely N-dealkylation sites (tertiary alicyclic amines) is 1. The van der Waals surface area contributed by atoms with E-state index in [1.807, 2.05) is 29.2 Å². The van der Waals surface area contributed by atoms with Crippen LogP contribution < -0.4 is 20.1 Å². The van der Waals surface area contributed by atoms with Crippen LogP contribution in [0.25, 0.3) is 0 Å². The van der Waals surface area contributed by atoms with E-state index in [0.717, 1.165) is 30.1 Å². The van der Waals surface area contributed by atoms with Crippen molar-refractivity contribution in [3.8, 4) is 11.5 Å². The number of nitrogens with zero attached hydrogens (tertiary/aromatic N) is 2. The standard InChI is InChI=1S/C24H28N4O3/c1-23(2,3)27-22-24(26-18-8-5-4-7-17(18)25-22)11-6-12-28(14-24)21(29)16-9-10-19-20(13-16)31-15-30-19/h4-5,7-10,13,26H,6,11-12,14-15H2,1-3H3,(H,25,27). The number of benzene rings is 2. The Bertz CT molecular complexity index is 1060. The molecule has 3 aliphatic rings. The van der Waals surface area contributed by atoms with Crippen molar-refractivity contribution in [2.45, 2.75) is 44.7 Å². The Kier molecular flexibility index (Phi) is 4.57. The molecule has 3 heterocycles. The Balaban J connectivity index is 1.48. The molecule has 2 aromatic rings. The van der Waals surface area contributed by atoms with Crippen LogP contribution >= 0.6 is 0 Å². The molecule has 7 heteroatoms. The number of nitrogens with one attached hydrogen (secondary N) is 2. The fourth-order valence-corrected chi connectivity index (χ4v) is 4.47. The maximum atomic E-state index is 13.4. The van der Waals surface area contributed by atoms with E-state index in [1.54, 1.807) is 12.1 Å². The van der Waals surface area contributed by atoms with Crippen molar-refractivity contribution in [2.75, 3.05) is 30.5 Å². The molecular formula is C24H28N4O3. The van der Waals surface area contributed by atoms with Crippen molar-refractivity contribution in [1.82, 2.24) is 4.90 Å². The average molecular weight is 421 g/mol. The highest BCUT2D eigenvalue weighted by Gasteiger charge is 2.45. The molecule has 31 heavy (non-hydrogen) atoms. The van der Waals surface area contributed by atoms with Gasteiger partial charge in [0.1, 0.15) is 11.4 Å². The van der Waals surface area contributed by atoms with Gasteiger partial charge >= 0.3 is 0 Å². The first-order valence-corrected chi connectivity index (χ1v) is 10.8. The summed E-state index contributed by atoms with van der Waals surface area (Å²) in [6.45, 7) is 7.72. The maximum absolute atomic E-state index is 13.4. The largest absolute Gasteiger partial charge is 0.454 e. The van der Waals surface area contributed by atoms with Crippen molar-refractivity contribution in [3.05, 3.63) is 48.0 Å².